The summed E-state index contributed by atoms with van der Waals surface area (Å²) in [5.74, 6) is 0. The van der Waals surface area contributed by atoms with Crippen molar-refractivity contribution in [3.05, 3.63) is 120 Å². The first kappa shape index (κ1) is 26.2. The Bertz CT molecular complexity index is 1020. The summed E-state index contributed by atoms with van der Waals surface area (Å²) < 4.78 is 5.52. The molecule has 0 spiro atoms. The maximum Gasteiger partial charge on any atom is 0.408 e. The maximum absolute atomic E-state index is 12.6. The highest BCUT2D eigenvalue weighted by atomic mass is 16.6. The first-order valence-electron chi connectivity index (χ1n) is 12.2. The Morgan fingerprint density at radius 1 is 0.829 bits per heavy atom. The summed E-state index contributed by atoms with van der Waals surface area (Å²) in [4.78, 5) is 12.6. The number of nitrogens with one attached hydrogen (secondary N) is 1. The summed E-state index contributed by atoms with van der Waals surface area (Å²) in [5, 5.41) is 13.7. The average Bonchev–Trinajstić information content (AvgIpc) is 2.83. The number of ether oxygens (including phenoxy) is 1. The van der Waals surface area contributed by atoms with Crippen molar-refractivity contribution in [1.29, 1.82) is 0 Å². The summed E-state index contributed by atoms with van der Waals surface area (Å²) in [7, 11) is 0. The SMILES string of the molecule is CC(C)(C)OC(=O)NC(/C=C/C(CO)(Cc1ccccc1)Cc1ccccc1)Cc1ccccc1. The predicted octanol–water partition coefficient (Wildman–Crippen LogP) is 6.14. The molecule has 4 heteroatoms. The molecule has 0 aliphatic rings. The molecule has 0 heterocycles. The highest BCUT2D eigenvalue weighted by Crippen LogP contribution is 2.30. The molecule has 35 heavy (non-hydrogen) atoms. The fourth-order valence-corrected chi connectivity index (χ4v) is 4.16. The molecule has 3 rings (SSSR count). The molecule has 0 fully saturated rings. The number of benzene rings is 3. The van der Waals surface area contributed by atoms with E-state index in [-0.39, 0.29) is 12.6 Å². The van der Waals surface area contributed by atoms with E-state index >= 15 is 0 Å². The van der Waals surface area contributed by atoms with Crippen molar-refractivity contribution in [2.45, 2.75) is 51.7 Å². The normalized spacial score (nSPS) is 12.9. The van der Waals surface area contributed by atoms with E-state index < -0.39 is 17.1 Å². The standard InChI is InChI=1S/C31H37NO3/c1-30(2,3)35-29(34)32-28(21-25-13-7-4-8-14-25)19-20-31(24-33,22-26-15-9-5-10-16-26)23-27-17-11-6-12-18-27/h4-20,28,33H,21-24H2,1-3H3,(H,32,34)/b20-19+. The van der Waals surface area contributed by atoms with Crippen molar-refractivity contribution in [1.82, 2.24) is 5.32 Å². The lowest BCUT2D eigenvalue weighted by Gasteiger charge is -2.30. The minimum absolute atomic E-state index is 0.0161. The molecular weight excluding hydrogens is 434 g/mol. The summed E-state index contributed by atoms with van der Waals surface area (Å²) in [6.07, 6.45) is 5.62. The zero-order chi connectivity index (χ0) is 25.2. The number of amides is 1. The highest BCUT2D eigenvalue weighted by Gasteiger charge is 2.28. The van der Waals surface area contributed by atoms with Gasteiger partial charge in [-0.25, -0.2) is 4.79 Å². The molecule has 2 N–H and O–H groups in total. The van der Waals surface area contributed by atoms with Crippen LogP contribution in [0, 0.1) is 5.41 Å². The third kappa shape index (κ3) is 9.06. The minimum Gasteiger partial charge on any atom is -0.444 e. The second-order valence-electron chi connectivity index (χ2n) is 10.1. The summed E-state index contributed by atoms with van der Waals surface area (Å²) in [5.41, 5.74) is 2.32. The first-order valence-corrected chi connectivity index (χ1v) is 12.2. The molecule has 0 bridgehead atoms. The molecule has 3 aromatic carbocycles. The maximum atomic E-state index is 12.6. The van der Waals surface area contributed by atoms with Crippen LogP contribution in [0.5, 0.6) is 0 Å². The van der Waals surface area contributed by atoms with Crippen LogP contribution in [0.4, 0.5) is 4.79 Å². The van der Waals surface area contributed by atoms with Crippen molar-refractivity contribution in [2.24, 2.45) is 5.41 Å². The van der Waals surface area contributed by atoms with Gasteiger partial charge in [0.25, 0.3) is 0 Å². The minimum atomic E-state index is -0.583. The van der Waals surface area contributed by atoms with E-state index in [9.17, 15) is 9.90 Å². The quantitative estimate of drug-likeness (QED) is 0.349. The first-order chi connectivity index (χ1) is 16.8. The van der Waals surface area contributed by atoms with Crippen LogP contribution in [-0.4, -0.2) is 29.4 Å². The van der Waals surface area contributed by atoms with Crippen molar-refractivity contribution in [2.75, 3.05) is 6.61 Å². The Morgan fingerprint density at radius 2 is 1.29 bits per heavy atom. The molecule has 1 unspecified atom stereocenters. The molecule has 0 saturated carbocycles. The number of hydrogen-bond donors (Lipinski definition) is 2. The second kappa shape index (κ2) is 12.4. The Hall–Kier alpha value is -3.37. The lowest BCUT2D eigenvalue weighted by Crippen LogP contribution is -2.40. The second-order valence-corrected chi connectivity index (χ2v) is 10.1. The van der Waals surface area contributed by atoms with Crippen LogP contribution >= 0.6 is 0 Å². The van der Waals surface area contributed by atoms with Crippen molar-refractivity contribution < 1.29 is 14.6 Å². The van der Waals surface area contributed by atoms with Gasteiger partial charge in [0, 0.05) is 5.41 Å². The van der Waals surface area contributed by atoms with Crippen molar-refractivity contribution in [3.63, 3.8) is 0 Å². The molecule has 0 aromatic heterocycles. The van der Waals surface area contributed by atoms with Crippen LogP contribution in [0.2, 0.25) is 0 Å². The lowest BCUT2D eigenvalue weighted by molar-refractivity contribution is 0.0514. The molecule has 1 amide bonds. The topological polar surface area (TPSA) is 58.6 Å². The van der Waals surface area contributed by atoms with Crippen LogP contribution in [0.1, 0.15) is 37.5 Å². The monoisotopic (exact) mass is 471 g/mol. The van der Waals surface area contributed by atoms with E-state index in [1.165, 1.54) is 0 Å². The Kier molecular flexibility index (Phi) is 9.27. The van der Waals surface area contributed by atoms with Gasteiger partial charge < -0.3 is 15.2 Å². The van der Waals surface area contributed by atoms with Crippen LogP contribution in [0.25, 0.3) is 0 Å². The molecule has 1 atom stereocenters. The number of aliphatic hydroxyl groups excluding tert-OH is 1. The molecule has 4 nitrogen and oxygen atoms in total. The fraction of sp³-hybridized carbons (Fsp3) is 0.323. The zero-order valence-electron chi connectivity index (χ0n) is 21.0. The Labute approximate surface area is 209 Å². The van der Waals surface area contributed by atoms with E-state index in [1.54, 1.807) is 0 Å². The molecular formula is C31H37NO3. The smallest absolute Gasteiger partial charge is 0.408 e. The third-order valence-corrected chi connectivity index (χ3v) is 5.80. The van der Waals surface area contributed by atoms with Crippen molar-refractivity contribution in [3.8, 4) is 0 Å². The van der Waals surface area contributed by atoms with Gasteiger partial charge in [-0.05, 0) is 56.7 Å². The summed E-state index contributed by atoms with van der Waals surface area (Å²) in [6, 6.07) is 30.2. The largest absolute Gasteiger partial charge is 0.444 e. The molecule has 0 saturated heterocycles. The molecule has 0 aliphatic heterocycles. The van der Waals surface area contributed by atoms with E-state index in [2.05, 4.69) is 35.7 Å². The van der Waals surface area contributed by atoms with Crippen LogP contribution < -0.4 is 5.32 Å². The van der Waals surface area contributed by atoms with Crippen molar-refractivity contribution >= 4 is 6.09 Å². The van der Waals surface area contributed by atoms with Gasteiger partial charge in [-0.3, -0.25) is 0 Å². The molecule has 0 aliphatic carbocycles. The van der Waals surface area contributed by atoms with E-state index in [1.807, 2.05) is 93.6 Å². The van der Waals surface area contributed by atoms with Gasteiger partial charge in [0.2, 0.25) is 0 Å². The van der Waals surface area contributed by atoms with Gasteiger partial charge in [0.1, 0.15) is 5.60 Å². The predicted molar refractivity (Wildman–Crippen MR) is 142 cm³/mol. The number of alkyl carbamates (subject to hydrolysis) is 1. The van der Waals surface area contributed by atoms with E-state index in [4.69, 9.17) is 4.74 Å². The van der Waals surface area contributed by atoms with Crippen LogP contribution in [-0.2, 0) is 24.0 Å². The molecule has 3 aromatic rings. The number of rotatable bonds is 10. The highest BCUT2D eigenvalue weighted by molar-refractivity contribution is 5.68. The number of carbonyl (C=O) groups is 1. The fourth-order valence-electron chi connectivity index (χ4n) is 4.16. The third-order valence-electron chi connectivity index (χ3n) is 5.80. The van der Waals surface area contributed by atoms with Gasteiger partial charge >= 0.3 is 6.09 Å². The average molecular weight is 472 g/mol. The summed E-state index contributed by atoms with van der Waals surface area (Å²) >= 11 is 0. The van der Waals surface area contributed by atoms with Crippen LogP contribution in [0.3, 0.4) is 0 Å². The Morgan fingerprint density at radius 3 is 1.71 bits per heavy atom. The van der Waals surface area contributed by atoms with Gasteiger partial charge in [-0.1, -0.05) is 103 Å². The number of aliphatic hydroxyl groups is 1. The summed E-state index contributed by atoms with van der Waals surface area (Å²) in [6.45, 7) is 5.54. The van der Waals surface area contributed by atoms with Gasteiger partial charge in [0.05, 0.1) is 12.6 Å². The van der Waals surface area contributed by atoms with Gasteiger partial charge in [-0.2, -0.15) is 0 Å². The van der Waals surface area contributed by atoms with E-state index in [0.717, 1.165) is 16.7 Å². The number of carbonyl (C=O) groups excluding carboxylic acids is 1. The number of hydrogen-bond acceptors (Lipinski definition) is 3. The van der Waals surface area contributed by atoms with E-state index in [0.29, 0.717) is 19.3 Å². The zero-order valence-corrected chi connectivity index (χ0v) is 21.0. The van der Waals surface area contributed by atoms with Gasteiger partial charge in [0.15, 0.2) is 0 Å². The molecule has 0 radical (unpaired) electrons. The molecule has 184 valence electrons. The lowest BCUT2D eigenvalue weighted by atomic mass is 9.76. The Balaban J connectivity index is 1.90. The van der Waals surface area contributed by atoms with Gasteiger partial charge in [-0.15, -0.1) is 0 Å². The van der Waals surface area contributed by atoms with Crippen LogP contribution in [0.15, 0.2) is 103 Å².